The molecule has 1 aromatic carbocycles. The van der Waals surface area contributed by atoms with Crippen LogP contribution in [0.25, 0.3) is 0 Å². The van der Waals surface area contributed by atoms with E-state index in [0.717, 1.165) is 5.56 Å². The van der Waals surface area contributed by atoms with E-state index in [1.807, 2.05) is 30.3 Å². The summed E-state index contributed by atoms with van der Waals surface area (Å²) in [5.74, 6) is 0. The second-order valence-corrected chi connectivity index (χ2v) is 5.67. The molecule has 0 unspecified atom stereocenters. The lowest BCUT2D eigenvalue weighted by Gasteiger charge is -2.22. The van der Waals surface area contributed by atoms with Crippen molar-refractivity contribution in [3.05, 3.63) is 35.9 Å². The number of hydrogen-bond acceptors (Lipinski definition) is 3. The van der Waals surface area contributed by atoms with Crippen LogP contribution in [-0.4, -0.2) is 22.9 Å². The Bertz CT molecular complexity index is 440. The number of amides is 1. The maximum atomic E-state index is 11.6. The monoisotopic (exact) mass is 281 g/mol. The fourth-order valence-electron chi connectivity index (χ4n) is 1.50. The molecule has 19 heavy (non-hydrogen) atoms. The van der Waals surface area contributed by atoms with Crippen LogP contribution >= 0.6 is 12.6 Å². The number of carbonyl (C=O) groups is 2. The topological polar surface area (TPSA) is 55.4 Å². The Balaban J connectivity index is 2.64. The standard InChI is InChI=1S/C14H19NO3S/c1-14(2,3)18-13(17)15-11(12(16)19)9-10-7-5-4-6-8-10/h4-8,11H,9H2,1-3H3,(H,15,17)(H,16,19)/t11-/m0/s1. The van der Waals surface area contributed by atoms with Crippen LogP contribution in [0.5, 0.6) is 0 Å². The van der Waals surface area contributed by atoms with Crippen LogP contribution in [0.2, 0.25) is 0 Å². The third-order valence-electron chi connectivity index (χ3n) is 2.27. The van der Waals surface area contributed by atoms with Gasteiger partial charge in [-0.2, -0.15) is 0 Å². The Labute approximate surface area is 118 Å². The lowest BCUT2D eigenvalue weighted by atomic mass is 10.1. The highest BCUT2D eigenvalue weighted by Gasteiger charge is 2.22. The number of rotatable bonds is 4. The lowest BCUT2D eigenvalue weighted by Crippen LogP contribution is -2.43. The summed E-state index contributed by atoms with van der Waals surface area (Å²) in [6.45, 7) is 5.30. The van der Waals surface area contributed by atoms with Crippen LogP contribution in [0.1, 0.15) is 26.3 Å². The van der Waals surface area contributed by atoms with Gasteiger partial charge in [0.1, 0.15) is 11.6 Å². The van der Waals surface area contributed by atoms with Gasteiger partial charge >= 0.3 is 6.09 Å². The lowest BCUT2D eigenvalue weighted by molar-refractivity contribution is -0.112. The summed E-state index contributed by atoms with van der Waals surface area (Å²) in [5, 5.41) is 2.14. The maximum Gasteiger partial charge on any atom is 0.408 e. The number of nitrogens with one attached hydrogen (secondary N) is 1. The molecule has 1 amide bonds. The molecule has 0 saturated heterocycles. The van der Waals surface area contributed by atoms with Crippen LogP contribution in [0.4, 0.5) is 4.79 Å². The molecule has 1 atom stereocenters. The van der Waals surface area contributed by atoms with E-state index in [-0.39, 0.29) is 0 Å². The van der Waals surface area contributed by atoms with E-state index in [1.54, 1.807) is 20.8 Å². The summed E-state index contributed by atoms with van der Waals surface area (Å²) >= 11 is 3.80. The third kappa shape index (κ3) is 6.29. The highest BCUT2D eigenvalue weighted by atomic mass is 32.1. The SMILES string of the molecule is CC(C)(C)OC(=O)N[C@@H](Cc1ccccc1)C(=O)S. The molecule has 5 heteroatoms. The fraction of sp³-hybridized carbons (Fsp3) is 0.429. The van der Waals surface area contributed by atoms with Gasteiger partial charge in [-0.05, 0) is 26.3 Å². The van der Waals surface area contributed by atoms with Gasteiger partial charge < -0.3 is 10.1 Å². The quantitative estimate of drug-likeness (QED) is 0.834. The van der Waals surface area contributed by atoms with Gasteiger partial charge in [0.15, 0.2) is 0 Å². The van der Waals surface area contributed by atoms with Crippen molar-refractivity contribution >= 4 is 23.8 Å². The molecule has 1 aromatic rings. The van der Waals surface area contributed by atoms with Gasteiger partial charge in [0, 0.05) is 6.42 Å². The average Bonchev–Trinajstić information content (AvgIpc) is 2.26. The smallest absolute Gasteiger partial charge is 0.408 e. The van der Waals surface area contributed by atoms with Crippen molar-refractivity contribution < 1.29 is 14.3 Å². The van der Waals surface area contributed by atoms with E-state index in [9.17, 15) is 9.59 Å². The predicted octanol–water partition coefficient (Wildman–Crippen LogP) is 2.58. The number of hydrogen-bond donors (Lipinski definition) is 2. The minimum Gasteiger partial charge on any atom is -0.444 e. The van der Waals surface area contributed by atoms with Crippen molar-refractivity contribution in [3.8, 4) is 0 Å². The summed E-state index contributed by atoms with van der Waals surface area (Å²) < 4.78 is 5.12. The number of thiol groups is 1. The molecule has 0 aliphatic rings. The van der Waals surface area contributed by atoms with E-state index in [1.165, 1.54) is 0 Å². The van der Waals surface area contributed by atoms with E-state index in [4.69, 9.17) is 4.74 Å². The van der Waals surface area contributed by atoms with Gasteiger partial charge in [-0.15, -0.1) is 12.6 Å². The minimum absolute atomic E-state index is 0.391. The molecule has 0 radical (unpaired) electrons. The Morgan fingerprint density at radius 1 is 1.26 bits per heavy atom. The molecule has 0 aromatic heterocycles. The van der Waals surface area contributed by atoms with Gasteiger partial charge in [0.05, 0.1) is 0 Å². The molecule has 0 heterocycles. The Morgan fingerprint density at radius 2 is 1.84 bits per heavy atom. The summed E-state index contributed by atoms with van der Waals surface area (Å²) in [5.41, 5.74) is 0.354. The summed E-state index contributed by atoms with van der Waals surface area (Å²) in [4.78, 5) is 23.1. The van der Waals surface area contributed by atoms with Gasteiger partial charge in [-0.3, -0.25) is 4.79 Å². The largest absolute Gasteiger partial charge is 0.444 e. The first-order valence-corrected chi connectivity index (χ1v) is 6.49. The number of ether oxygens (including phenoxy) is 1. The van der Waals surface area contributed by atoms with E-state index in [2.05, 4.69) is 17.9 Å². The van der Waals surface area contributed by atoms with Crippen molar-refractivity contribution in [1.82, 2.24) is 5.32 Å². The molecule has 4 nitrogen and oxygen atoms in total. The molecular formula is C14H19NO3S. The molecule has 0 spiro atoms. The van der Waals surface area contributed by atoms with E-state index in [0.29, 0.717) is 6.42 Å². The molecule has 0 bridgehead atoms. The van der Waals surface area contributed by atoms with E-state index >= 15 is 0 Å². The van der Waals surface area contributed by atoms with Gasteiger partial charge in [-0.1, -0.05) is 30.3 Å². The Hall–Kier alpha value is -1.49. The van der Waals surface area contributed by atoms with Crippen molar-refractivity contribution in [2.45, 2.75) is 38.8 Å². The zero-order chi connectivity index (χ0) is 14.5. The van der Waals surface area contributed by atoms with Crippen LogP contribution in [0.15, 0.2) is 30.3 Å². The molecule has 1 rings (SSSR count). The zero-order valence-corrected chi connectivity index (χ0v) is 12.2. The summed E-state index contributed by atoms with van der Waals surface area (Å²) in [6.07, 6.45) is -0.224. The Kier molecular flexibility index (Phi) is 5.42. The second kappa shape index (κ2) is 6.61. The highest BCUT2D eigenvalue weighted by molar-refractivity contribution is 7.96. The fourth-order valence-corrected chi connectivity index (χ4v) is 1.66. The first-order valence-electron chi connectivity index (χ1n) is 6.04. The van der Waals surface area contributed by atoms with Crippen molar-refractivity contribution in [1.29, 1.82) is 0 Å². The predicted molar refractivity (Wildman–Crippen MR) is 77.3 cm³/mol. The molecular weight excluding hydrogens is 262 g/mol. The summed E-state index contributed by atoms with van der Waals surface area (Å²) in [6, 6.07) is 8.73. The van der Waals surface area contributed by atoms with Crippen LogP contribution in [0.3, 0.4) is 0 Å². The molecule has 0 saturated carbocycles. The zero-order valence-electron chi connectivity index (χ0n) is 11.3. The number of alkyl carbamates (subject to hydrolysis) is 1. The van der Waals surface area contributed by atoms with Crippen LogP contribution in [0, 0.1) is 0 Å². The molecule has 104 valence electrons. The van der Waals surface area contributed by atoms with Crippen molar-refractivity contribution in [2.75, 3.05) is 0 Å². The first-order chi connectivity index (χ1) is 8.78. The van der Waals surface area contributed by atoms with Gasteiger partial charge in [0.2, 0.25) is 5.12 Å². The second-order valence-electron chi connectivity index (χ2n) is 5.23. The van der Waals surface area contributed by atoms with E-state index < -0.39 is 22.9 Å². The number of benzene rings is 1. The highest BCUT2D eigenvalue weighted by Crippen LogP contribution is 2.09. The minimum atomic E-state index is -0.694. The van der Waals surface area contributed by atoms with Crippen LogP contribution in [-0.2, 0) is 16.0 Å². The van der Waals surface area contributed by atoms with Crippen molar-refractivity contribution in [3.63, 3.8) is 0 Å². The Morgan fingerprint density at radius 3 is 2.32 bits per heavy atom. The molecule has 0 fully saturated rings. The molecule has 0 aliphatic heterocycles. The normalized spacial score (nSPS) is 12.6. The van der Waals surface area contributed by atoms with Gasteiger partial charge in [-0.25, -0.2) is 4.79 Å². The summed E-state index contributed by atoms with van der Waals surface area (Å²) in [7, 11) is 0. The van der Waals surface area contributed by atoms with Gasteiger partial charge in [0.25, 0.3) is 0 Å². The number of carbonyl (C=O) groups excluding carboxylic acids is 2. The third-order valence-corrected chi connectivity index (χ3v) is 2.58. The molecule has 1 N–H and O–H groups in total. The molecule has 0 aliphatic carbocycles. The first kappa shape index (κ1) is 15.6. The van der Waals surface area contributed by atoms with Crippen molar-refractivity contribution in [2.24, 2.45) is 0 Å². The average molecular weight is 281 g/mol. The van der Waals surface area contributed by atoms with Crippen LogP contribution < -0.4 is 5.32 Å². The maximum absolute atomic E-state index is 11.6.